The largest absolute Gasteiger partial charge is 0.389 e. The van der Waals surface area contributed by atoms with Gasteiger partial charge in [0.1, 0.15) is 0 Å². The summed E-state index contributed by atoms with van der Waals surface area (Å²) in [7, 11) is 3.58. The monoisotopic (exact) mass is 373 g/mol. The van der Waals surface area contributed by atoms with Gasteiger partial charge in [0.15, 0.2) is 0 Å². The van der Waals surface area contributed by atoms with Crippen molar-refractivity contribution in [2.75, 3.05) is 40.3 Å². The zero-order valence-electron chi connectivity index (χ0n) is 15.5. The standard InChI is InChI=1S/C20H27N3O2S/c1-21(2)19(24)23-10-8-20(25)7-9-22(12-16(20)13-23)14-17-11-15-5-3-4-6-18(15)26-17/h3-6,11,16,25H,7-10,12-14H2,1-2H3/t16-,20-/m1/s1. The molecule has 2 saturated heterocycles. The Morgan fingerprint density at radius 3 is 2.81 bits per heavy atom. The number of amides is 2. The smallest absolute Gasteiger partial charge is 0.319 e. The summed E-state index contributed by atoms with van der Waals surface area (Å²) in [6.45, 7) is 4.00. The minimum Gasteiger partial charge on any atom is -0.389 e. The lowest BCUT2D eigenvalue weighted by Crippen LogP contribution is -2.61. The van der Waals surface area contributed by atoms with Crippen LogP contribution < -0.4 is 0 Å². The van der Waals surface area contributed by atoms with E-state index in [2.05, 4.69) is 35.2 Å². The number of thiophene rings is 1. The lowest BCUT2D eigenvalue weighted by molar-refractivity contribution is -0.108. The van der Waals surface area contributed by atoms with Gasteiger partial charge in [-0.1, -0.05) is 18.2 Å². The highest BCUT2D eigenvalue weighted by Crippen LogP contribution is 2.37. The zero-order valence-corrected chi connectivity index (χ0v) is 16.3. The summed E-state index contributed by atoms with van der Waals surface area (Å²) in [4.78, 5) is 19.6. The molecule has 4 rings (SSSR count). The van der Waals surface area contributed by atoms with Gasteiger partial charge in [0.2, 0.25) is 0 Å². The molecule has 1 N–H and O–H groups in total. The lowest BCUT2D eigenvalue weighted by atomic mass is 9.75. The van der Waals surface area contributed by atoms with Gasteiger partial charge in [-0.3, -0.25) is 4.90 Å². The maximum Gasteiger partial charge on any atom is 0.319 e. The number of rotatable bonds is 2. The molecular weight excluding hydrogens is 346 g/mol. The Morgan fingerprint density at radius 1 is 1.27 bits per heavy atom. The number of carbonyl (C=O) groups is 1. The van der Waals surface area contributed by atoms with Crippen molar-refractivity contribution in [1.29, 1.82) is 0 Å². The number of likely N-dealkylation sites (tertiary alicyclic amines) is 2. The first-order chi connectivity index (χ1) is 12.4. The Bertz CT molecular complexity index is 772. The van der Waals surface area contributed by atoms with E-state index in [0.717, 1.165) is 26.1 Å². The van der Waals surface area contributed by atoms with Gasteiger partial charge in [-0.2, -0.15) is 0 Å². The SMILES string of the molecule is CN(C)C(=O)N1CC[C@]2(O)CCN(Cc3cc4ccccc4s3)C[C@@H]2C1. The van der Waals surface area contributed by atoms with Gasteiger partial charge in [-0.05, 0) is 30.4 Å². The minimum atomic E-state index is -0.611. The highest BCUT2D eigenvalue weighted by Gasteiger charge is 2.46. The first-order valence-electron chi connectivity index (χ1n) is 9.33. The van der Waals surface area contributed by atoms with Crippen molar-refractivity contribution in [2.45, 2.75) is 25.0 Å². The van der Waals surface area contributed by atoms with Crippen molar-refractivity contribution in [1.82, 2.24) is 14.7 Å². The third-order valence-electron chi connectivity index (χ3n) is 5.86. The fourth-order valence-corrected chi connectivity index (χ4v) is 5.41. The van der Waals surface area contributed by atoms with Crippen molar-refractivity contribution in [3.8, 4) is 0 Å². The van der Waals surface area contributed by atoms with E-state index in [1.54, 1.807) is 19.0 Å². The predicted molar refractivity (Wildman–Crippen MR) is 105 cm³/mol. The van der Waals surface area contributed by atoms with Crippen LogP contribution in [0.5, 0.6) is 0 Å². The topological polar surface area (TPSA) is 47.0 Å². The second kappa shape index (κ2) is 6.83. The summed E-state index contributed by atoms with van der Waals surface area (Å²) in [6, 6.07) is 10.8. The number of hydrogen-bond acceptors (Lipinski definition) is 4. The maximum absolute atomic E-state index is 12.3. The van der Waals surface area contributed by atoms with E-state index in [0.29, 0.717) is 19.5 Å². The normalized spacial score (nSPS) is 26.7. The van der Waals surface area contributed by atoms with Crippen molar-refractivity contribution in [2.24, 2.45) is 5.92 Å². The third-order valence-corrected chi connectivity index (χ3v) is 6.96. The van der Waals surface area contributed by atoms with E-state index in [-0.39, 0.29) is 11.9 Å². The fourth-order valence-electron chi connectivity index (χ4n) is 4.31. The molecule has 0 spiro atoms. The van der Waals surface area contributed by atoms with Crippen molar-refractivity contribution in [3.63, 3.8) is 0 Å². The van der Waals surface area contributed by atoms with E-state index < -0.39 is 5.60 Å². The molecule has 26 heavy (non-hydrogen) atoms. The van der Waals surface area contributed by atoms with Crippen LogP contribution in [-0.2, 0) is 6.54 Å². The second-order valence-corrected chi connectivity index (χ2v) is 9.08. The van der Waals surface area contributed by atoms with Crippen LogP contribution in [0.15, 0.2) is 30.3 Å². The Labute approximate surface area is 158 Å². The summed E-state index contributed by atoms with van der Waals surface area (Å²) in [5.74, 6) is 0.128. The maximum atomic E-state index is 12.3. The number of carbonyl (C=O) groups excluding carboxylic acids is 1. The first-order valence-corrected chi connectivity index (χ1v) is 10.1. The quantitative estimate of drug-likeness (QED) is 0.881. The van der Waals surface area contributed by atoms with Gasteiger partial charge in [0.05, 0.1) is 5.60 Å². The van der Waals surface area contributed by atoms with Gasteiger partial charge < -0.3 is 14.9 Å². The molecule has 2 amide bonds. The number of aliphatic hydroxyl groups is 1. The molecule has 2 aliphatic heterocycles. The summed E-state index contributed by atoms with van der Waals surface area (Å²) in [5.41, 5.74) is -0.611. The van der Waals surface area contributed by atoms with Crippen LogP contribution in [0.4, 0.5) is 4.79 Å². The van der Waals surface area contributed by atoms with Gasteiger partial charge in [-0.25, -0.2) is 4.79 Å². The summed E-state index contributed by atoms with van der Waals surface area (Å²) >= 11 is 1.85. The highest BCUT2D eigenvalue weighted by atomic mass is 32.1. The van der Waals surface area contributed by atoms with Gasteiger partial charge >= 0.3 is 6.03 Å². The fraction of sp³-hybridized carbons (Fsp3) is 0.550. The van der Waals surface area contributed by atoms with E-state index in [9.17, 15) is 9.90 Å². The van der Waals surface area contributed by atoms with Gasteiger partial charge in [-0.15, -0.1) is 11.3 Å². The van der Waals surface area contributed by atoms with Crippen LogP contribution in [0.1, 0.15) is 17.7 Å². The Hall–Kier alpha value is -1.63. The molecule has 2 aliphatic rings. The molecule has 2 atom stereocenters. The van der Waals surface area contributed by atoms with Crippen molar-refractivity contribution < 1.29 is 9.90 Å². The minimum absolute atomic E-state index is 0.0497. The number of urea groups is 1. The molecule has 140 valence electrons. The molecule has 6 heteroatoms. The van der Waals surface area contributed by atoms with Crippen LogP contribution in [0.25, 0.3) is 10.1 Å². The van der Waals surface area contributed by atoms with Crippen LogP contribution in [-0.4, -0.2) is 71.7 Å². The van der Waals surface area contributed by atoms with E-state index in [1.165, 1.54) is 15.0 Å². The van der Waals surface area contributed by atoms with Crippen LogP contribution in [0.2, 0.25) is 0 Å². The van der Waals surface area contributed by atoms with Crippen LogP contribution in [0.3, 0.4) is 0 Å². The zero-order chi connectivity index (χ0) is 18.3. The molecular formula is C20H27N3O2S. The van der Waals surface area contributed by atoms with E-state index in [1.807, 2.05) is 16.2 Å². The molecule has 2 aromatic rings. The number of benzene rings is 1. The molecule has 1 aromatic carbocycles. The molecule has 5 nitrogen and oxygen atoms in total. The van der Waals surface area contributed by atoms with E-state index in [4.69, 9.17) is 0 Å². The average molecular weight is 374 g/mol. The third kappa shape index (κ3) is 3.33. The Balaban J connectivity index is 1.45. The highest BCUT2D eigenvalue weighted by molar-refractivity contribution is 7.19. The van der Waals surface area contributed by atoms with Gasteiger partial charge in [0.25, 0.3) is 0 Å². The number of hydrogen-bond donors (Lipinski definition) is 1. The average Bonchev–Trinajstić information content (AvgIpc) is 3.03. The predicted octanol–water partition coefficient (Wildman–Crippen LogP) is 2.84. The van der Waals surface area contributed by atoms with E-state index >= 15 is 0 Å². The summed E-state index contributed by atoms with van der Waals surface area (Å²) in [5, 5.41) is 12.4. The number of piperidine rings is 2. The summed E-state index contributed by atoms with van der Waals surface area (Å²) < 4.78 is 1.33. The first kappa shape index (κ1) is 17.8. The van der Waals surface area contributed by atoms with Gasteiger partial charge in [0, 0.05) is 62.3 Å². The molecule has 0 unspecified atom stereocenters. The summed E-state index contributed by atoms with van der Waals surface area (Å²) in [6.07, 6.45) is 1.49. The van der Waals surface area contributed by atoms with Crippen LogP contribution >= 0.6 is 11.3 Å². The molecule has 0 bridgehead atoms. The molecule has 0 saturated carbocycles. The molecule has 2 fully saturated rings. The Kier molecular flexibility index (Phi) is 4.67. The lowest BCUT2D eigenvalue weighted by Gasteiger charge is -2.50. The van der Waals surface area contributed by atoms with Crippen molar-refractivity contribution >= 4 is 27.5 Å². The Morgan fingerprint density at radius 2 is 2.04 bits per heavy atom. The second-order valence-electron chi connectivity index (χ2n) is 7.91. The van der Waals surface area contributed by atoms with Crippen molar-refractivity contribution in [3.05, 3.63) is 35.2 Å². The number of nitrogens with zero attached hydrogens (tertiary/aromatic N) is 3. The van der Waals surface area contributed by atoms with Crippen LogP contribution in [0, 0.1) is 5.92 Å². The number of fused-ring (bicyclic) bond motifs is 2. The molecule has 0 radical (unpaired) electrons. The molecule has 1 aromatic heterocycles. The molecule has 0 aliphatic carbocycles. The molecule has 3 heterocycles.